The van der Waals surface area contributed by atoms with E-state index < -0.39 is 12.1 Å². The third kappa shape index (κ3) is 4.17. The molecule has 1 aliphatic heterocycles. The first kappa shape index (κ1) is 21.0. The van der Waals surface area contributed by atoms with Gasteiger partial charge in [-0.3, -0.25) is 4.79 Å². The van der Waals surface area contributed by atoms with Crippen LogP contribution in [0.4, 0.5) is 10.5 Å². The summed E-state index contributed by atoms with van der Waals surface area (Å²) in [5.74, 6) is 1.04. The molecule has 0 fully saturated rings. The van der Waals surface area contributed by atoms with Gasteiger partial charge in [-0.15, -0.1) is 0 Å². The highest BCUT2D eigenvalue weighted by Crippen LogP contribution is 2.40. The summed E-state index contributed by atoms with van der Waals surface area (Å²) in [7, 11) is 4.55. The van der Waals surface area contributed by atoms with E-state index >= 15 is 0 Å². The van der Waals surface area contributed by atoms with E-state index in [9.17, 15) is 9.59 Å². The molecule has 1 unspecified atom stereocenters. The number of rotatable bonds is 6. The highest BCUT2D eigenvalue weighted by molar-refractivity contribution is 6.06. The predicted octanol–water partition coefficient (Wildman–Crippen LogP) is 3.29. The van der Waals surface area contributed by atoms with Crippen LogP contribution in [0, 0.1) is 6.92 Å². The number of ether oxygens (including phenoxy) is 3. The van der Waals surface area contributed by atoms with Gasteiger partial charge in [-0.2, -0.15) is 0 Å². The van der Waals surface area contributed by atoms with E-state index in [1.165, 1.54) is 21.3 Å². The Morgan fingerprint density at radius 2 is 1.53 bits per heavy atom. The lowest BCUT2D eigenvalue weighted by Crippen LogP contribution is -2.46. The van der Waals surface area contributed by atoms with Crippen molar-refractivity contribution in [3.63, 3.8) is 0 Å². The molecule has 0 aromatic heterocycles. The van der Waals surface area contributed by atoms with E-state index in [-0.39, 0.29) is 5.91 Å². The first-order valence-electron chi connectivity index (χ1n) is 9.34. The minimum atomic E-state index is -0.751. The Morgan fingerprint density at radius 3 is 2.13 bits per heavy atom. The molecule has 2 aromatic carbocycles. The van der Waals surface area contributed by atoms with Gasteiger partial charge in [0.15, 0.2) is 11.5 Å². The van der Waals surface area contributed by atoms with Crippen LogP contribution in [0.3, 0.4) is 0 Å². The maximum atomic E-state index is 13.2. The standard InChI is InChI=1S/C22H25N3O5/c1-12-6-8-14(9-7-12)24-21(26)19-13(2)23-22(27)25-20(19)15-10-17(29-4)18(30-5)11-16(15)28-3/h6-11,20H,1-5H3,(H,24,26)(H2,23,25,27). The van der Waals surface area contributed by atoms with Crippen molar-refractivity contribution in [1.29, 1.82) is 0 Å². The van der Waals surface area contributed by atoms with Gasteiger partial charge in [-0.25, -0.2) is 4.79 Å². The van der Waals surface area contributed by atoms with Crippen LogP contribution < -0.4 is 30.2 Å². The summed E-state index contributed by atoms with van der Waals surface area (Å²) in [4.78, 5) is 25.4. The van der Waals surface area contributed by atoms with Gasteiger partial charge in [0.2, 0.25) is 0 Å². The fraction of sp³-hybridized carbons (Fsp3) is 0.273. The maximum absolute atomic E-state index is 13.2. The molecule has 0 aliphatic carbocycles. The van der Waals surface area contributed by atoms with Gasteiger partial charge in [0.25, 0.3) is 5.91 Å². The molecule has 8 heteroatoms. The van der Waals surface area contributed by atoms with Crippen molar-refractivity contribution >= 4 is 17.6 Å². The average molecular weight is 411 g/mol. The first-order chi connectivity index (χ1) is 14.4. The van der Waals surface area contributed by atoms with Crippen LogP contribution in [0.1, 0.15) is 24.1 Å². The van der Waals surface area contributed by atoms with Gasteiger partial charge >= 0.3 is 6.03 Å². The highest BCUT2D eigenvalue weighted by atomic mass is 16.5. The monoisotopic (exact) mass is 411 g/mol. The number of hydrogen-bond acceptors (Lipinski definition) is 5. The first-order valence-corrected chi connectivity index (χ1v) is 9.34. The molecule has 158 valence electrons. The zero-order valence-electron chi connectivity index (χ0n) is 17.6. The average Bonchev–Trinajstić information content (AvgIpc) is 2.73. The highest BCUT2D eigenvalue weighted by Gasteiger charge is 2.34. The van der Waals surface area contributed by atoms with Gasteiger partial charge in [0.1, 0.15) is 5.75 Å². The minimum absolute atomic E-state index is 0.342. The van der Waals surface area contributed by atoms with Crippen molar-refractivity contribution in [3.05, 3.63) is 58.8 Å². The SMILES string of the molecule is COc1cc(OC)c(C2NC(=O)NC(C)=C2C(=O)Nc2ccc(C)cc2)cc1OC. The molecule has 0 spiro atoms. The molecular weight excluding hydrogens is 386 g/mol. The van der Waals surface area contributed by atoms with Crippen molar-refractivity contribution in [2.75, 3.05) is 26.6 Å². The van der Waals surface area contributed by atoms with Crippen molar-refractivity contribution in [1.82, 2.24) is 10.6 Å². The number of carbonyl (C=O) groups excluding carboxylic acids is 2. The number of benzene rings is 2. The second-order valence-electron chi connectivity index (χ2n) is 6.84. The molecule has 2 aromatic rings. The molecular formula is C22H25N3O5. The van der Waals surface area contributed by atoms with Crippen molar-refractivity contribution in [2.24, 2.45) is 0 Å². The summed E-state index contributed by atoms with van der Waals surface area (Å²) < 4.78 is 16.2. The van der Waals surface area contributed by atoms with E-state index in [1.54, 1.807) is 19.1 Å². The van der Waals surface area contributed by atoms with Gasteiger partial charge in [-0.05, 0) is 32.0 Å². The molecule has 0 saturated carbocycles. The molecule has 3 rings (SSSR count). The molecule has 0 radical (unpaired) electrons. The molecule has 8 nitrogen and oxygen atoms in total. The van der Waals surface area contributed by atoms with Crippen LogP contribution in [-0.2, 0) is 4.79 Å². The zero-order valence-corrected chi connectivity index (χ0v) is 17.6. The zero-order chi connectivity index (χ0) is 21.8. The van der Waals surface area contributed by atoms with Gasteiger partial charge in [-0.1, -0.05) is 17.7 Å². The summed E-state index contributed by atoms with van der Waals surface area (Å²) in [6.07, 6.45) is 0. The number of anilines is 1. The van der Waals surface area contributed by atoms with Crippen molar-refractivity contribution in [3.8, 4) is 17.2 Å². The number of nitrogens with one attached hydrogen (secondary N) is 3. The topological polar surface area (TPSA) is 97.9 Å². The van der Waals surface area contributed by atoms with Gasteiger partial charge < -0.3 is 30.2 Å². The van der Waals surface area contributed by atoms with Crippen LogP contribution in [0.15, 0.2) is 47.7 Å². The third-order valence-corrected chi connectivity index (χ3v) is 4.87. The Bertz CT molecular complexity index is 999. The summed E-state index contributed by atoms with van der Waals surface area (Å²) in [5, 5.41) is 8.36. The molecule has 0 saturated heterocycles. The molecule has 1 heterocycles. The molecule has 1 atom stereocenters. The van der Waals surface area contributed by atoms with Crippen LogP contribution in [0.25, 0.3) is 0 Å². The lowest BCUT2D eigenvalue weighted by atomic mass is 9.93. The Kier molecular flexibility index (Phi) is 6.15. The second-order valence-corrected chi connectivity index (χ2v) is 6.84. The Labute approximate surface area is 175 Å². The van der Waals surface area contributed by atoms with Crippen molar-refractivity contribution in [2.45, 2.75) is 19.9 Å². The van der Waals surface area contributed by atoms with E-state index in [0.717, 1.165) is 5.56 Å². The summed E-state index contributed by atoms with van der Waals surface area (Å²) in [5.41, 5.74) is 3.12. The van der Waals surface area contributed by atoms with Gasteiger partial charge in [0, 0.05) is 23.0 Å². The van der Waals surface area contributed by atoms with Crippen LogP contribution >= 0.6 is 0 Å². The number of methoxy groups -OCH3 is 3. The Balaban J connectivity index is 2.05. The number of carbonyl (C=O) groups is 2. The smallest absolute Gasteiger partial charge is 0.319 e. The number of aryl methyl sites for hydroxylation is 1. The normalized spacial score (nSPS) is 15.8. The van der Waals surface area contributed by atoms with Crippen LogP contribution in [-0.4, -0.2) is 33.3 Å². The number of amides is 3. The van der Waals surface area contributed by atoms with E-state index in [1.807, 2.05) is 31.2 Å². The maximum Gasteiger partial charge on any atom is 0.319 e. The predicted molar refractivity (Wildman–Crippen MR) is 113 cm³/mol. The Morgan fingerprint density at radius 1 is 0.933 bits per heavy atom. The number of hydrogen-bond donors (Lipinski definition) is 3. The molecule has 0 bridgehead atoms. The molecule has 3 N–H and O–H groups in total. The molecule has 3 amide bonds. The summed E-state index contributed by atoms with van der Waals surface area (Å²) >= 11 is 0. The molecule has 1 aliphatic rings. The van der Waals surface area contributed by atoms with E-state index in [0.29, 0.717) is 39.8 Å². The quantitative estimate of drug-likeness (QED) is 0.678. The Hall–Kier alpha value is -3.68. The number of urea groups is 1. The van der Waals surface area contributed by atoms with E-state index in [2.05, 4.69) is 16.0 Å². The lowest BCUT2D eigenvalue weighted by Gasteiger charge is -2.30. The largest absolute Gasteiger partial charge is 0.496 e. The van der Waals surface area contributed by atoms with Gasteiger partial charge in [0.05, 0.1) is 32.9 Å². The minimum Gasteiger partial charge on any atom is -0.496 e. The van der Waals surface area contributed by atoms with Crippen LogP contribution in [0.5, 0.6) is 17.2 Å². The van der Waals surface area contributed by atoms with Crippen LogP contribution in [0.2, 0.25) is 0 Å². The van der Waals surface area contributed by atoms with E-state index in [4.69, 9.17) is 14.2 Å². The second kappa shape index (κ2) is 8.77. The lowest BCUT2D eigenvalue weighted by molar-refractivity contribution is -0.113. The fourth-order valence-electron chi connectivity index (χ4n) is 3.34. The number of allylic oxidation sites excluding steroid dienone is 1. The summed E-state index contributed by atoms with van der Waals surface area (Å²) in [6, 6.07) is 9.65. The summed E-state index contributed by atoms with van der Waals surface area (Å²) in [6.45, 7) is 3.65. The fourth-order valence-corrected chi connectivity index (χ4v) is 3.34. The molecule has 30 heavy (non-hydrogen) atoms. The third-order valence-electron chi connectivity index (χ3n) is 4.87. The van der Waals surface area contributed by atoms with Crippen molar-refractivity contribution < 1.29 is 23.8 Å².